The molecule has 3 heteroatoms. The summed E-state index contributed by atoms with van der Waals surface area (Å²) in [5, 5.41) is 7.30. The molecule has 2 aliphatic heterocycles. The summed E-state index contributed by atoms with van der Waals surface area (Å²) in [6.07, 6.45) is 8.21. The van der Waals surface area contributed by atoms with E-state index in [1.54, 1.807) is 0 Å². The quantitative estimate of drug-likeness (QED) is 0.756. The molecule has 0 aromatic carbocycles. The third-order valence-corrected chi connectivity index (χ3v) is 4.68. The predicted octanol–water partition coefficient (Wildman–Crippen LogP) is 1.84. The van der Waals surface area contributed by atoms with Crippen molar-refractivity contribution in [1.82, 2.24) is 15.5 Å². The first-order valence-corrected chi connectivity index (χ1v) is 7.89. The van der Waals surface area contributed by atoms with Crippen molar-refractivity contribution >= 4 is 0 Å². The predicted molar refractivity (Wildman–Crippen MR) is 77.9 cm³/mol. The fraction of sp³-hybridized carbons (Fsp3) is 1.00. The number of rotatable bonds is 6. The topological polar surface area (TPSA) is 27.3 Å². The van der Waals surface area contributed by atoms with Crippen LogP contribution in [0.5, 0.6) is 0 Å². The van der Waals surface area contributed by atoms with E-state index in [4.69, 9.17) is 0 Å². The summed E-state index contributed by atoms with van der Waals surface area (Å²) in [6.45, 7) is 7.38. The minimum absolute atomic E-state index is 0.673. The van der Waals surface area contributed by atoms with Crippen LogP contribution in [0.1, 0.15) is 45.4 Å². The van der Waals surface area contributed by atoms with Crippen molar-refractivity contribution in [2.45, 2.75) is 57.5 Å². The number of likely N-dealkylation sites (tertiary alicyclic amines) is 1. The zero-order valence-electron chi connectivity index (χ0n) is 12.3. The van der Waals surface area contributed by atoms with E-state index in [9.17, 15) is 0 Å². The molecule has 2 heterocycles. The van der Waals surface area contributed by atoms with Crippen LogP contribution < -0.4 is 10.6 Å². The zero-order valence-corrected chi connectivity index (χ0v) is 12.3. The summed E-state index contributed by atoms with van der Waals surface area (Å²) in [6, 6.07) is 1.45. The Bertz CT molecular complexity index is 218. The molecule has 0 aromatic heterocycles. The second-order valence-corrected chi connectivity index (χ2v) is 6.42. The molecular formula is C15H31N3. The molecule has 2 aliphatic rings. The van der Waals surface area contributed by atoms with Crippen LogP contribution in [0.2, 0.25) is 0 Å². The van der Waals surface area contributed by atoms with Crippen LogP contribution in [-0.2, 0) is 0 Å². The Morgan fingerprint density at radius 2 is 2.06 bits per heavy atom. The highest BCUT2D eigenvalue weighted by Crippen LogP contribution is 2.19. The molecule has 18 heavy (non-hydrogen) atoms. The Labute approximate surface area is 113 Å². The van der Waals surface area contributed by atoms with Gasteiger partial charge in [0.1, 0.15) is 0 Å². The van der Waals surface area contributed by atoms with Crippen molar-refractivity contribution in [3.63, 3.8) is 0 Å². The summed E-state index contributed by atoms with van der Waals surface area (Å²) in [4.78, 5) is 2.46. The number of hydrogen-bond acceptors (Lipinski definition) is 3. The van der Waals surface area contributed by atoms with Crippen LogP contribution in [0.15, 0.2) is 0 Å². The molecular weight excluding hydrogens is 222 g/mol. The monoisotopic (exact) mass is 253 g/mol. The highest BCUT2D eigenvalue weighted by Gasteiger charge is 2.18. The molecule has 0 radical (unpaired) electrons. The van der Waals surface area contributed by atoms with Gasteiger partial charge in [-0.2, -0.15) is 0 Å². The Morgan fingerprint density at radius 3 is 2.72 bits per heavy atom. The molecule has 0 amide bonds. The molecule has 0 aromatic rings. The molecule has 0 aliphatic carbocycles. The second-order valence-electron chi connectivity index (χ2n) is 6.42. The highest BCUT2D eigenvalue weighted by atomic mass is 15.1. The van der Waals surface area contributed by atoms with Gasteiger partial charge in [-0.1, -0.05) is 0 Å². The van der Waals surface area contributed by atoms with Gasteiger partial charge in [0, 0.05) is 12.1 Å². The van der Waals surface area contributed by atoms with Gasteiger partial charge in [0.25, 0.3) is 0 Å². The van der Waals surface area contributed by atoms with Gasteiger partial charge in [0.15, 0.2) is 0 Å². The van der Waals surface area contributed by atoms with E-state index in [1.807, 2.05) is 0 Å². The van der Waals surface area contributed by atoms with Gasteiger partial charge in [-0.3, -0.25) is 0 Å². The largest absolute Gasteiger partial charge is 0.314 e. The third-order valence-electron chi connectivity index (χ3n) is 4.68. The maximum absolute atomic E-state index is 3.71. The number of nitrogens with zero attached hydrogens (tertiary/aromatic N) is 1. The zero-order chi connectivity index (χ0) is 12.8. The summed E-state index contributed by atoms with van der Waals surface area (Å²) >= 11 is 0. The third kappa shape index (κ3) is 4.87. The molecule has 0 spiro atoms. The molecule has 2 saturated heterocycles. The average molecular weight is 253 g/mol. The van der Waals surface area contributed by atoms with Crippen LogP contribution >= 0.6 is 0 Å². The molecule has 2 fully saturated rings. The van der Waals surface area contributed by atoms with Crippen molar-refractivity contribution in [1.29, 1.82) is 0 Å². The fourth-order valence-electron chi connectivity index (χ4n) is 3.35. The maximum Gasteiger partial charge on any atom is 0.00822 e. The number of piperidine rings is 1. The van der Waals surface area contributed by atoms with Crippen molar-refractivity contribution in [2.24, 2.45) is 5.92 Å². The Balaban J connectivity index is 1.51. The van der Waals surface area contributed by atoms with Gasteiger partial charge >= 0.3 is 0 Å². The molecule has 2 unspecified atom stereocenters. The summed E-state index contributed by atoms with van der Waals surface area (Å²) in [7, 11) is 2.24. The molecule has 106 valence electrons. The highest BCUT2D eigenvalue weighted by molar-refractivity contribution is 4.79. The normalized spacial score (nSPS) is 28.7. The van der Waals surface area contributed by atoms with Crippen LogP contribution in [0.4, 0.5) is 0 Å². The van der Waals surface area contributed by atoms with E-state index in [0.29, 0.717) is 6.04 Å². The van der Waals surface area contributed by atoms with Crippen LogP contribution in [-0.4, -0.2) is 50.2 Å². The molecule has 0 saturated carbocycles. The lowest BCUT2D eigenvalue weighted by molar-refractivity contribution is 0.210. The molecule has 3 nitrogen and oxygen atoms in total. The van der Waals surface area contributed by atoms with E-state index < -0.39 is 0 Å². The Hall–Kier alpha value is -0.120. The lowest BCUT2D eigenvalue weighted by atomic mass is 9.93. The van der Waals surface area contributed by atoms with Gasteiger partial charge < -0.3 is 15.5 Å². The van der Waals surface area contributed by atoms with Gasteiger partial charge in [-0.05, 0) is 84.6 Å². The summed E-state index contributed by atoms with van der Waals surface area (Å²) in [5.41, 5.74) is 0. The summed E-state index contributed by atoms with van der Waals surface area (Å²) < 4.78 is 0. The van der Waals surface area contributed by atoms with Crippen molar-refractivity contribution in [2.75, 3.05) is 33.2 Å². The number of nitrogens with one attached hydrogen (secondary N) is 2. The molecule has 2 rings (SSSR count). The van der Waals surface area contributed by atoms with Gasteiger partial charge in [0.2, 0.25) is 0 Å². The van der Waals surface area contributed by atoms with Gasteiger partial charge in [0.05, 0.1) is 0 Å². The standard InChI is InChI=1S/C15H31N3/c1-13(12-15-4-3-8-17-15)16-9-5-14-6-10-18(2)11-7-14/h13-17H,3-12H2,1-2H3. The first kappa shape index (κ1) is 14.3. The van der Waals surface area contributed by atoms with Crippen molar-refractivity contribution in [3.05, 3.63) is 0 Å². The minimum atomic E-state index is 0.673. The van der Waals surface area contributed by atoms with Crippen LogP contribution in [0, 0.1) is 5.92 Å². The van der Waals surface area contributed by atoms with Gasteiger partial charge in [-0.15, -0.1) is 0 Å². The average Bonchev–Trinajstić information content (AvgIpc) is 2.84. The number of hydrogen-bond donors (Lipinski definition) is 2. The van der Waals surface area contributed by atoms with Gasteiger partial charge in [-0.25, -0.2) is 0 Å². The maximum atomic E-state index is 3.71. The van der Waals surface area contributed by atoms with Crippen molar-refractivity contribution in [3.8, 4) is 0 Å². The second kappa shape index (κ2) is 7.46. The lowest BCUT2D eigenvalue weighted by Crippen LogP contribution is -2.36. The smallest absolute Gasteiger partial charge is 0.00822 e. The Morgan fingerprint density at radius 1 is 1.28 bits per heavy atom. The lowest BCUT2D eigenvalue weighted by Gasteiger charge is -2.29. The first-order chi connectivity index (χ1) is 8.74. The van der Waals surface area contributed by atoms with E-state index >= 15 is 0 Å². The van der Waals surface area contributed by atoms with E-state index in [1.165, 1.54) is 64.7 Å². The SMILES string of the molecule is CC(CC1CCCN1)NCCC1CCN(C)CC1. The van der Waals surface area contributed by atoms with E-state index in [-0.39, 0.29) is 0 Å². The summed E-state index contributed by atoms with van der Waals surface area (Å²) in [5.74, 6) is 0.963. The fourth-order valence-corrected chi connectivity index (χ4v) is 3.35. The van der Waals surface area contributed by atoms with E-state index in [2.05, 4.69) is 29.5 Å². The molecule has 0 bridgehead atoms. The first-order valence-electron chi connectivity index (χ1n) is 7.89. The van der Waals surface area contributed by atoms with Crippen LogP contribution in [0.25, 0.3) is 0 Å². The minimum Gasteiger partial charge on any atom is -0.314 e. The molecule has 2 N–H and O–H groups in total. The van der Waals surface area contributed by atoms with Crippen LogP contribution in [0.3, 0.4) is 0 Å². The Kier molecular flexibility index (Phi) is 5.93. The molecule has 2 atom stereocenters. The van der Waals surface area contributed by atoms with Crippen molar-refractivity contribution < 1.29 is 0 Å². The van der Waals surface area contributed by atoms with E-state index in [0.717, 1.165) is 12.0 Å².